The van der Waals surface area contributed by atoms with E-state index in [4.69, 9.17) is 4.98 Å². The first-order valence-electron chi connectivity index (χ1n) is 8.70. The van der Waals surface area contributed by atoms with Gasteiger partial charge in [-0.2, -0.15) is 5.26 Å². The lowest BCUT2D eigenvalue weighted by Gasteiger charge is -2.38. The van der Waals surface area contributed by atoms with Crippen LogP contribution >= 0.6 is 11.3 Å². The molecule has 1 atom stereocenters. The maximum absolute atomic E-state index is 13.0. The lowest BCUT2D eigenvalue weighted by molar-refractivity contribution is -0.141. The summed E-state index contributed by atoms with van der Waals surface area (Å²) in [5.74, 6) is 0.416. The third kappa shape index (κ3) is 3.14. The van der Waals surface area contributed by atoms with E-state index in [-0.39, 0.29) is 5.91 Å². The molecule has 1 aromatic rings. The molecule has 0 N–H and O–H groups in total. The predicted molar refractivity (Wildman–Crippen MR) is 91.3 cm³/mol. The van der Waals surface area contributed by atoms with Gasteiger partial charge in [0.2, 0.25) is 5.91 Å². The van der Waals surface area contributed by atoms with E-state index in [2.05, 4.69) is 13.0 Å². The molecule has 0 aromatic carbocycles. The Labute approximate surface area is 142 Å². The van der Waals surface area contributed by atoms with Crippen LogP contribution in [0.25, 0.3) is 0 Å². The first-order chi connectivity index (χ1) is 11.1. The number of carbonyl (C=O) groups is 1. The van der Waals surface area contributed by atoms with Gasteiger partial charge in [0.05, 0.1) is 16.8 Å². The second-order valence-electron chi connectivity index (χ2n) is 7.04. The maximum atomic E-state index is 13.0. The van der Waals surface area contributed by atoms with Crippen LogP contribution in [0.4, 0.5) is 0 Å². The van der Waals surface area contributed by atoms with E-state index in [0.29, 0.717) is 5.92 Å². The second kappa shape index (κ2) is 6.60. The van der Waals surface area contributed by atoms with Gasteiger partial charge in [-0.15, -0.1) is 11.3 Å². The van der Waals surface area contributed by atoms with Crippen molar-refractivity contribution in [2.75, 3.05) is 13.1 Å². The van der Waals surface area contributed by atoms with E-state index in [1.165, 1.54) is 4.88 Å². The molecule has 1 aliphatic heterocycles. The molecule has 1 saturated carbocycles. The molecule has 1 amide bonds. The Kier molecular flexibility index (Phi) is 4.72. The fourth-order valence-corrected chi connectivity index (χ4v) is 4.92. The summed E-state index contributed by atoms with van der Waals surface area (Å²) < 4.78 is 0. The highest BCUT2D eigenvalue weighted by molar-refractivity contribution is 7.11. The molecule has 124 valence electrons. The van der Waals surface area contributed by atoms with Crippen molar-refractivity contribution >= 4 is 17.2 Å². The van der Waals surface area contributed by atoms with E-state index in [9.17, 15) is 10.1 Å². The van der Waals surface area contributed by atoms with E-state index in [0.717, 1.165) is 68.7 Å². The molecular weight excluding hydrogens is 306 g/mol. The van der Waals surface area contributed by atoms with Crippen molar-refractivity contribution in [2.24, 2.45) is 5.41 Å². The number of hydrogen-bond donors (Lipinski definition) is 0. The quantitative estimate of drug-likeness (QED) is 0.825. The first kappa shape index (κ1) is 16.4. The largest absolute Gasteiger partial charge is 0.341 e. The molecule has 2 heterocycles. The van der Waals surface area contributed by atoms with Gasteiger partial charge in [0.1, 0.15) is 5.41 Å². The zero-order valence-electron chi connectivity index (χ0n) is 14.1. The summed E-state index contributed by atoms with van der Waals surface area (Å²) >= 11 is 1.76. The molecule has 5 heteroatoms. The van der Waals surface area contributed by atoms with Gasteiger partial charge in [-0.3, -0.25) is 4.79 Å². The van der Waals surface area contributed by atoms with Gasteiger partial charge in [-0.05, 0) is 39.5 Å². The van der Waals surface area contributed by atoms with Crippen LogP contribution in [0.2, 0.25) is 0 Å². The van der Waals surface area contributed by atoms with Gasteiger partial charge in [-0.1, -0.05) is 19.3 Å². The van der Waals surface area contributed by atoms with Gasteiger partial charge >= 0.3 is 0 Å². The number of rotatable bonds is 2. The van der Waals surface area contributed by atoms with Crippen LogP contribution in [0.3, 0.4) is 0 Å². The topological polar surface area (TPSA) is 57.0 Å². The fourth-order valence-electron chi connectivity index (χ4n) is 3.87. The van der Waals surface area contributed by atoms with Crippen molar-refractivity contribution in [1.82, 2.24) is 9.88 Å². The number of amides is 1. The average Bonchev–Trinajstić information content (AvgIpc) is 2.94. The molecule has 0 radical (unpaired) electrons. The van der Waals surface area contributed by atoms with E-state index < -0.39 is 5.41 Å². The number of nitriles is 1. The lowest BCUT2D eigenvalue weighted by atomic mass is 9.74. The first-order valence-corrected chi connectivity index (χ1v) is 9.52. The van der Waals surface area contributed by atoms with E-state index in [1.54, 1.807) is 11.3 Å². The highest BCUT2D eigenvalue weighted by Crippen LogP contribution is 2.39. The molecule has 23 heavy (non-hydrogen) atoms. The Morgan fingerprint density at radius 3 is 2.65 bits per heavy atom. The molecule has 2 aliphatic rings. The number of aryl methyl sites for hydroxylation is 2. The summed E-state index contributed by atoms with van der Waals surface area (Å²) in [6.07, 6.45) is 6.73. The molecule has 1 saturated heterocycles. The zero-order chi connectivity index (χ0) is 16.4. The van der Waals surface area contributed by atoms with Crippen molar-refractivity contribution in [3.63, 3.8) is 0 Å². The van der Waals surface area contributed by atoms with Gasteiger partial charge in [0, 0.05) is 23.9 Å². The molecule has 2 fully saturated rings. The van der Waals surface area contributed by atoms with E-state index >= 15 is 0 Å². The minimum atomic E-state index is -0.755. The summed E-state index contributed by atoms with van der Waals surface area (Å²) in [6.45, 7) is 5.68. The van der Waals surface area contributed by atoms with Crippen LogP contribution < -0.4 is 0 Å². The number of likely N-dealkylation sites (tertiary alicyclic amines) is 1. The molecule has 0 spiro atoms. The summed E-state index contributed by atoms with van der Waals surface area (Å²) in [5.41, 5.74) is 0.351. The van der Waals surface area contributed by atoms with Gasteiger partial charge in [0.15, 0.2) is 0 Å². The molecular formula is C18H25N3OS. The fraction of sp³-hybridized carbons (Fsp3) is 0.722. The lowest BCUT2D eigenvalue weighted by Crippen LogP contribution is -2.48. The van der Waals surface area contributed by atoms with Crippen LogP contribution in [0.1, 0.15) is 66.4 Å². The summed E-state index contributed by atoms with van der Waals surface area (Å²) in [7, 11) is 0. The summed E-state index contributed by atoms with van der Waals surface area (Å²) in [5, 5.41) is 10.8. The smallest absolute Gasteiger partial charge is 0.243 e. The third-order valence-electron chi connectivity index (χ3n) is 5.43. The standard InChI is InChI=1S/C18H25N3OS/c1-13-14(2)23-16(20-13)15-7-6-10-21(11-15)17(22)18(12-19)8-4-3-5-9-18/h15H,3-11H2,1-2H3. The number of aromatic nitrogens is 1. The predicted octanol–water partition coefficient (Wildman–Crippen LogP) is 3.94. The van der Waals surface area contributed by atoms with Crippen molar-refractivity contribution in [3.8, 4) is 6.07 Å². The van der Waals surface area contributed by atoms with Crippen LogP contribution in [-0.2, 0) is 4.79 Å². The van der Waals surface area contributed by atoms with E-state index in [1.807, 2.05) is 11.8 Å². The van der Waals surface area contributed by atoms with Crippen LogP contribution in [0.15, 0.2) is 0 Å². The number of hydrogen-bond acceptors (Lipinski definition) is 4. The molecule has 1 aliphatic carbocycles. The zero-order valence-corrected chi connectivity index (χ0v) is 14.9. The monoisotopic (exact) mass is 331 g/mol. The van der Waals surface area contributed by atoms with Crippen LogP contribution in [0, 0.1) is 30.6 Å². The maximum Gasteiger partial charge on any atom is 0.243 e. The summed E-state index contributed by atoms with van der Waals surface area (Å²) in [4.78, 5) is 21.0. The van der Waals surface area contributed by atoms with Gasteiger partial charge < -0.3 is 4.90 Å². The number of thiazole rings is 1. The molecule has 1 unspecified atom stereocenters. The number of nitrogens with zero attached hydrogens (tertiary/aromatic N) is 3. The van der Waals surface area contributed by atoms with Crippen LogP contribution in [-0.4, -0.2) is 28.9 Å². The second-order valence-corrected chi connectivity index (χ2v) is 8.27. The number of carbonyl (C=O) groups excluding carboxylic acids is 1. The normalized spacial score (nSPS) is 24.2. The Bertz CT molecular complexity index is 605. The van der Waals surface area contributed by atoms with Gasteiger partial charge in [-0.25, -0.2) is 4.98 Å². The van der Waals surface area contributed by atoms with Crippen LogP contribution in [0.5, 0.6) is 0 Å². The highest BCUT2D eigenvalue weighted by Gasteiger charge is 2.43. The third-order valence-corrected chi connectivity index (χ3v) is 6.67. The minimum absolute atomic E-state index is 0.0781. The van der Waals surface area contributed by atoms with Crippen molar-refractivity contribution < 1.29 is 4.79 Å². The average molecular weight is 331 g/mol. The molecule has 0 bridgehead atoms. The highest BCUT2D eigenvalue weighted by atomic mass is 32.1. The Morgan fingerprint density at radius 2 is 2.04 bits per heavy atom. The van der Waals surface area contributed by atoms with Crippen molar-refractivity contribution in [1.29, 1.82) is 5.26 Å². The van der Waals surface area contributed by atoms with Crippen molar-refractivity contribution in [2.45, 2.75) is 64.7 Å². The van der Waals surface area contributed by atoms with Crippen molar-refractivity contribution in [3.05, 3.63) is 15.6 Å². The molecule has 4 nitrogen and oxygen atoms in total. The summed E-state index contributed by atoms with van der Waals surface area (Å²) in [6, 6.07) is 2.38. The minimum Gasteiger partial charge on any atom is -0.341 e. The SMILES string of the molecule is Cc1nc(C2CCCN(C(=O)C3(C#N)CCCCC3)C2)sc1C. The Hall–Kier alpha value is -1.41. The Morgan fingerprint density at radius 1 is 1.30 bits per heavy atom. The van der Waals surface area contributed by atoms with Gasteiger partial charge in [0.25, 0.3) is 0 Å². The molecule has 1 aromatic heterocycles. The molecule has 3 rings (SSSR count). The Balaban J connectivity index is 1.75. The number of piperidine rings is 1.